The molecule has 2 rings (SSSR count). The summed E-state index contributed by atoms with van der Waals surface area (Å²) < 4.78 is 5.57. The molecule has 21 heavy (non-hydrogen) atoms. The minimum atomic E-state index is 0. The Labute approximate surface area is 133 Å². The van der Waals surface area contributed by atoms with Crippen molar-refractivity contribution < 1.29 is 9.53 Å². The van der Waals surface area contributed by atoms with Crippen LogP contribution in [0.1, 0.15) is 31.7 Å². The summed E-state index contributed by atoms with van der Waals surface area (Å²) in [5, 5.41) is 3.26. The standard InChI is InChI=1S/C16H24N2O2.ClH/c1-12(2)13-4-6-15(7-5-13)20-11-16(19)18(3)14-8-9-17-10-14;/h4-7,12,14,17H,8-11H2,1-3H3;1H. The smallest absolute Gasteiger partial charge is 0.260 e. The molecule has 1 atom stereocenters. The Morgan fingerprint density at radius 1 is 1.38 bits per heavy atom. The summed E-state index contributed by atoms with van der Waals surface area (Å²) >= 11 is 0. The largest absolute Gasteiger partial charge is 0.484 e. The van der Waals surface area contributed by atoms with Gasteiger partial charge >= 0.3 is 0 Å². The van der Waals surface area contributed by atoms with Gasteiger partial charge in [-0.3, -0.25) is 4.79 Å². The lowest BCUT2D eigenvalue weighted by Crippen LogP contribution is -2.40. The second-order valence-electron chi connectivity index (χ2n) is 5.66. The van der Waals surface area contributed by atoms with E-state index in [0.717, 1.165) is 25.3 Å². The highest BCUT2D eigenvalue weighted by atomic mass is 35.5. The lowest BCUT2D eigenvalue weighted by Gasteiger charge is -2.23. The molecule has 1 aliphatic rings. The van der Waals surface area contributed by atoms with Crippen LogP contribution in [0.4, 0.5) is 0 Å². The van der Waals surface area contributed by atoms with Crippen molar-refractivity contribution in [3.8, 4) is 5.75 Å². The fourth-order valence-electron chi connectivity index (χ4n) is 2.37. The molecular formula is C16H25ClN2O2. The maximum Gasteiger partial charge on any atom is 0.260 e. The van der Waals surface area contributed by atoms with Crippen LogP contribution in [0.3, 0.4) is 0 Å². The predicted octanol–water partition coefficient (Wildman–Crippen LogP) is 2.43. The van der Waals surface area contributed by atoms with E-state index >= 15 is 0 Å². The maximum absolute atomic E-state index is 12.1. The minimum Gasteiger partial charge on any atom is -0.484 e. The molecule has 1 fully saturated rings. The molecule has 1 heterocycles. The third-order valence-electron chi connectivity index (χ3n) is 3.88. The maximum atomic E-state index is 12.1. The van der Waals surface area contributed by atoms with E-state index < -0.39 is 0 Å². The van der Waals surface area contributed by atoms with Gasteiger partial charge in [0.2, 0.25) is 0 Å². The van der Waals surface area contributed by atoms with Crippen LogP contribution in [0, 0.1) is 0 Å². The zero-order chi connectivity index (χ0) is 14.5. The van der Waals surface area contributed by atoms with Crippen LogP contribution in [-0.2, 0) is 4.79 Å². The molecule has 0 radical (unpaired) electrons. The summed E-state index contributed by atoms with van der Waals surface area (Å²) in [5.74, 6) is 1.29. The van der Waals surface area contributed by atoms with Gasteiger partial charge in [0.15, 0.2) is 6.61 Å². The fourth-order valence-corrected chi connectivity index (χ4v) is 2.37. The summed E-state index contributed by atoms with van der Waals surface area (Å²) in [5.41, 5.74) is 1.28. The Balaban J connectivity index is 0.00000220. The predicted molar refractivity (Wildman–Crippen MR) is 87.3 cm³/mol. The quantitative estimate of drug-likeness (QED) is 0.908. The molecule has 0 spiro atoms. The number of rotatable bonds is 5. The second kappa shape index (κ2) is 8.25. The molecule has 5 heteroatoms. The molecule has 1 saturated heterocycles. The van der Waals surface area contributed by atoms with Crippen LogP contribution in [0.15, 0.2) is 24.3 Å². The topological polar surface area (TPSA) is 41.6 Å². The number of hydrogen-bond acceptors (Lipinski definition) is 3. The van der Waals surface area contributed by atoms with Crippen LogP contribution >= 0.6 is 12.4 Å². The number of carbonyl (C=O) groups excluding carboxylic acids is 1. The Morgan fingerprint density at radius 3 is 2.57 bits per heavy atom. The van der Waals surface area contributed by atoms with Gasteiger partial charge in [-0.2, -0.15) is 0 Å². The van der Waals surface area contributed by atoms with Crippen molar-refractivity contribution in [1.82, 2.24) is 10.2 Å². The lowest BCUT2D eigenvalue weighted by atomic mass is 10.0. The van der Waals surface area contributed by atoms with Crippen LogP contribution < -0.4 is 10.1 Å². The molecule has 1 unspecified atom stereocenters. The summed E-state index contributed by atoms with van der Waals surface area (Å²) in [6.07, 6.45) is 1.02. The number of nitrogens with zero attached hydrogens (tertiary/aromatic N) is 1. The number of nitrogens with one attached hydrogen (secondary N) is 1. The number of benzene rings is 1. The van der Waals surface area contributed by atoms with E-state index in [2.05, 4.69) is 31.3 Å². The number of halogens is 1. The third-order valence-corrected chi connectivity index (χ3v) is 3.88. The monoisotopic (exact) mass is 312 g/mol. The zero-order valence-electron chi connectivity index (χ0n) is 13.0. The first-order valence-corrected chi connectivity index (χ1v) is 7.27. The van der Waals surface area contributed by atoms with Crippen LogP contribution in [0.2, 0.25) is 0 Å². The first-order chi connectivity index (χ1) is 9.58. The zero-order valence-corrected chi connectivity index (χ0v) is 13.8. The molecular weight excluding hydrogens is 288 g/mol. The number of hydrogen-bond donors (Lipinski definition) is 1. The number of likely N-dealkylation sites (N-methyl/N-ethyl adjacent to an activating group) is 1. The summed E-state index contributed by atoms with van der Waals surface area (Å²) in [4.78, 5) is 13.8. The van der Waals surface area contributed by atoms with Crippen molar-refractivity contribution in [1.29, 1.82) is 0 Å². The molecule has 0 saturated carbocycles. The molecule has 1 aliphatic heterocycles. The average molecular weight is 313 g/mol. The number of ether oxygens (including phenoxy) is 1. The Kier molecular flexibility index (Phi) is 6.99. The average Bonchev–Trinajstić information content (AvgIpc) is 2.98. The van der Waals surface area contributed by atoms with E-state index in [0.29, 0.717) is 12.0 Å². The highest BCUT2D eigenvalue weighted by Crippen LogP contribution is 2.18. The first-order valence-electron chi connectivity index (χ1n) is 7.27. The van der Waals surface area contributed by atoms with Crippen molar-refractivity contribution in [2.24, 2.45) is 0 Å². The van der Waals surface area contributed by atoms with Crippen LogP contribution in [0.25, 0.3) is 0 Å². The third kappa shape index (κ3) is 4.90. The van der Waals surface area contributed by atoms with Crippen molar-refractivity contribution >= 4 is 18.3 Å². The summed E-state index contributed by atoms with van der Waals surface area (Å²) in [7, 11) is 1.85. The van der Waals surface area contributed by atoms with Gasteiger partial charge in [0.25, 0.3) is 5.91 Å². The van der Waals surface area contributed by atoms with Gasteiger partial charge in [0.05, 0.1) is 0 Å². The van der Waals surface area contributed by atoms with Gasteiger partial charge in [-0.1, -0.05) is 26.0 Å². The van der Waals surface area contributed by atoms with Gasteiger partial charge < -0.3 is 15.0 Å². The Bertz CT molecular complexity index is 442. The summed E-state index contributed by atoms with van der Waals surface area (Å²) in [6.45, 7) is 6.28. The van der Waals surface area contributed by atoms with E-state index in [9.17, 15) is 4.79 Å². The fraction of sp³-hybridized carbons (Fsp3) is 0.562. The molecule has 118 valence electrons. The Hall–Kier alpha value is -1.26. The molecule has 4 nitrogen and oxygen atoms in total. The van der Waals surface area contributed by atoms with Crippen LogP contribution in [0.5, 0.6) is 5.75 Å². The molecule has 0 aromatic heterocycles. The molecule has 1 amide bonds. The lowest BCUT2D eigenvalue weighted by molar-refractivity contribution is -0.133. The van der Waals surface area contributed by atoms with E-state index in [1.807, 2.05) is 19.2 Å². The molecule has 1 aromatic carbocycles. The Morgan fingerprint density at radius 2 is 2.05 bits per heavy atom. The van der Waals surface area contributed by atoms with Crippen molar-refractivity contribution in [2.75, 3.05) is 26.7 Å². The van der Waals surface area contributed by atoms with Gasteiger partial charge in [-0.25, -0.2) is 0 Å². The van der Waals surface area contributed by atoms with Crippen LogP contribution in [-0.4, -0.2) is 43.6 Å². The SMILES string of the molecule is CC(C)c1ccc(OCC(=O)N(C)C2CCNC2)cc1.Cl. The highest BCUT2D eigenvalue weighted by Gasteiger charge is 2.23. The van der Waals surface area contributed by atoms with E-state index in [-0.39, 0.29) is 24.9 Å². The molecule has 0 aliphatic carbocycles. The number of amides is 1. The summed E-state index contributed by atoms with van der Waals surface area (Å²) in [6, 6.07) is 8.26. The number of carbonyl (C=O) groups is 1. The van der Waals surface area contributed by atoms with Gasteiger partial charge in [0, 0.05) is 19.6 Å². The van der Waals surface area contributed by atoms with E-state index in [1.54, 1.807) is 4.90 Å². The van der Waals surface area contributed by atoms with Crippen molar-refractivity contribution in [3.63, 3.8) is 0 Å². The van der Waals surface area contributed by atoms with Gasteiger partial charge in [-0.15, -0.1) is 12.4 Å². The van der Waals surface area contributed by atoms with Gasteiger partial charge in [-0.05, 0) is 36.6 Å². The van der Waals surface area contributed by atoms with E-state index in [4.69, 9.17) is 4.74 Å². The first kappa shape index (κ1) is 17.8. The molecule has 0 bridgehead atoms. The highest BCUT2D eigenvalue weighted by molar-refractivity contribution is 5.85. The van der Waals surface area contributed by atoms with Crippen molar-refractivity contribution in [3.05, 3.63) is 29.8 Å². The normalized spacial score (nSPS) is 17.4. The second-order valence-corrected chi connectivity index (χ2v) is 5.66. The molecule has 1 N–H and O–H groups in total. The van der Waals surface area contributed by atoms with Crippen molar-refractivity contribution in [2.45, 2.75) is 32.2 Å². The van der Waals surface area contributed by atoms with Gasteiger partial charge in [0.1, 0.15) is 5.75 Å². The molecule has 1 aromatic rings. The minimum absolute atomic E-state index is 0. The van der Waals surface area contributed by atoms with E-state index in [1.165, 1.54) is 5.56 Å².